The summed E-state index contributed by atoms with van der Waals surface area (Å²) in [7, 11) is 4.08. The molecule has 0 fully saturated rings. The van der Waals surface area contributed by atoms with Crippen LogP contribution in [0.1, 0.15) is 11.4 Å². The molecule has 2 N–H and O–H groups in total. The minimum Gasteiger partial charge on any atom is -0.325 e. The Morgan fingerprint density at radius 3 is 2.62 bits per heavy atom. The fourth-order valence-corrected chi connectivity index (χ4v) is 1.01. The van der Waals surface area contributed by atoms with Crippen molar-refractivity contribution >= 4 is 0 Å². The Bertz CT molecular complexity index is 260. The zero-order chi connectivity index (χ0) is 9.68. The first-order valence-corrected chi connectivity index (χ1v) is 4.37. The van der Waals surface area contributed by atoms with Crippen molar-refractivity contribution in [3.05, 3.63) is 23.8 Å². The van der Waals surface area contributed by atoms with Crippen LogP contribution in [0.4, 0.5) is 0 Å². The minimum atomic E-state index is 0.461. The van der Waals surface area contributed by atoms with Crippen LogP contribution in [0.5, 0.6) is 0 Å². The van der Waals surface area contributed by atoms with Crippen molar-refractivity contribution in [3.8, 4) is 0 Å². The standard InChI is InChI=1S/C9H16N4/c1-13(2)4-3-8-6-11-7-9(5-10)12-8/h6-7H,3-5,10H2,1-2H3. The molecule has 0 aliphatic rings. The Balaban J connectivity index is 2.56. The second kappa shape index (κ2) is 4.89. The number of rotatable bonds is 4. The number of hydrogen-bond donors (Lipinski definition) is 1. The molecule has 1 rings (SSSR count). The zero-order valence-corrected chi connectivity index (χ0v) is 8.20. The third-order valence-corrected chi connectivity index (χ3v) is 1.76. The van der Waals surface area contributed by atoms with Crippen molar-refractivity contribution in [1.29, 1.82) is 0 Å². The first kappa shape index (κ1) is 10.1. The summed E-state index contributed by atoms with van der Waals surface area (Å²) in [6, 6.07) is 0. The second-order valence-corrected chi connectivity index (χ2v) is 3.26. The highest BCUT2D eigenvalue weighted by molar-refractivity contribution is 5.03. The SMILES string of the molecule is CN(C)CCc1cncc(CN)n1. The average Bonchev–Trinajstić information content (AvgIpc) is 2.15. The van der Waals surface area contributed by atoms with Gasteiger partial charge in [0.15, 0.2) is 0 Å². The van der Waals surface area contributed by atoms with E-state index in [2.05, 4.69) is 14.9 Å². The topological polar surface area (TPSA) is 55.0 Å². The van der Waals surface area contributed by atoms with E-state index in [9.17, 15) is 0 Å². The molecular weight excluding hydrogens is 164 g/mol. The fourth-order valence-electron chi connectivity index (χ4n) is 1.01. The molecule has 0 saturated carbocycles. The van der Waals surface area contributed by atoms with Gasteiger partial charge in [0.1, 0.15) is 0 Å². The molecular formula is C9H16N4. The van der Waals surface area contributed by atoms with Gasteiger partial charge in [0.05, 0.1) is 11.4 Å². The van der Waals surface area contributed by atoms with Gasteiger partial charge in [-0.15, -0.1) is 0 Å². The summed E-state index contributed by atoms with van der Waals surface area (Å²) < 4.78 is 0. The molecule has 1 aromatic rings. The molecule has 1 heterocycles. The largest absolute Gasteiger partial charge is 0.325 e. The van der Waals surface area contributed by atoms with Gasteiger partial charge in [0.2, 0.25) is 0 Å². The smallest absolute Gasteiger partial charge is 0.0725 e. The zero-order valence-electron chi connectivity index (χ0n) is 8.20. The molecule has 72 valence electrons. The van der Waals surface area contributed by atoms with E-state index in [0.29, 0.717) is 6.54 Å². The van der Waals surface area contributed by atoms with Crippen LogP contribution >= 0.6 is 0 Å². The summed E-state index contributed by atoms with van der Waals surface area (Å²) in [6.45, 7) is 1.45. The van der Waals surface area contributed by atoms with E-state index in [1.807, 2.05) is 14.1 Å². The summed E-state index contributed by atoms with van der Waals surface area (Å²) in [5.74, 6) is 0. The lowest BCUT2D eigenvalue weighted by molar-refractivity contribution is 0.411. The predicted octanol–water partition coefficient (Wildman–Crippen LogP) is 0.0394. The van der Waals surface area contributed by atoms with Crippen molar-refractivity contribution in [2.24, 2.45) is 5.73 Å². The molecule has 0 spiro atoms. The third-order valence-electron chi connectivity index (χ3n) is 1.76. The van der Waals surface area contributed by atoms with Gasteiger partial charge in [0.25, 0.3) is 0 Å². The third kappa shape index (κ3) is 3.48. The maximum absolute atomic E-state index is 5.46. The van der Waals surface area contributed by atoms with E-state index >= 15 is 0 Å². The Kier molecular flexibility index (Phi) is 3.79. The molecule has 13 heavy (non-hydrogen) atoms. The van der Waals surface area contributed by atoms with Crippen LogP contribution < -0.4 is 5.73 Å². The Morgan fingerprint density at radius 2 is 2.00 bits per heavy atom. The summed E-state index contributed by atoms with van der Waals surface area (Å²) in [4.78, 5) is 10.5. The van der Waals surface area contributed by atoms with Gasteiger partial charge in [0, 0.05) is 31.9 Å². The highest BCUT2D eigenvalue weighted by Crippen LogP contribution is 1.97. The minimum absolute atomic E-state index is 0.461. The van der Waals surface area contributed by atoms with Crippen LogP contribution in [-0.2, 0) is 13.0 Å². The average molecular weight is 180 g/mol. The summed E-state index contributed by atoms with van der Waals surface area (Å²) in [5.41, 5.74) is 7.33. The molecule has 0 aliphatic heterocycles. The molecule has 4 heteroatoms. The lowest BCUT2D eigenvalue weighted by Gasteiger charge is -2.08. The van der Waals surface area contributed by atoms with Crippen LogP contribution in [0, 0.1) is 0 Å². The lowest BCUT2D eigenvalue weighted by Crippen LogP contribution is -2.16. The highest BCUT2D eigenvalue weighted by atomic mass is 15.0. The van der Waals surface area contributed by atoms with Crippen molar-refractivity contribution in [3.63, 3.8) is 0 Å². The highest BCUT2D eigenvalue weighted by Gasteiger charge is 1.98. The second-order valence-electron chi connectivity index (χ2n) is 3.26. The van der Waals surface area contributed by atoms with Gasteiger partial charge in [-0.05, 0) is 14.1 Å². The maximum atomic E-state index is 5.46. The quantitative estimate of drug-likeness (QED) is 0.710. The van der Waals surface area contributed by atoms with Gasteiger partial charge in [-0.1, -0.05) is 0 Å². The predicted molar refractivity (Wildman–Crippen MR) is 52.2 cm³/mol. The van der Waals surface area contributed by atoms with Crippen molar-refractivity contribution in [1.82, 2.24) is 14.9 Å². The first-order chi connectivity index (χ1) is 6.22. The molecule has 0 aliphatic carbocycles. The lowest BCUT2D eigenvalue weighted by atomic mass is 10.3. The van der Waals surface area contributed by atoms with Crippen LogP contribution in [0.3, 0.4) is 0 Å². The molecule has 0 atom stereocenters. The molecule has 0 bridgehead atoms. The van der Waals surface area contributed by atoms with Gasteiger partial charge in [-0.2, -0.15) is 0 Å². The molecule has 0 radical (unpaired) electrons. The number of nitrogens with two attached hydrogens (primary N) is 1. The van der Waals surface area contributed by atoms with Crippen LogP contribution in [-0.4, -0.2) is 35.5 Å². The summed E-state index contributed by atoms with van der Waals surface area (Å²) in [6.07, 6.45) is 4.43. The van der Waals surface area contributed by atoms with E-state index in [-0.39, 0.29) is 0 Å². The molecule has 0 amide bonds. The van der Waals surface area contributed by atoms with E-state index in [1.165, 1.54) is 0 Å². The van der Waals surface area contributed by atoms with Crippen molar-refractivity contribution in [2.45, 2.75) is 13.0 Å². The van der Waals surface area contributed by atoms with Gasteiger partial charge >= 0.3 is 0 Å². The normalized spacial score (nSPS) is 10.8. The molecule has 1 aromatic heterocycles. The number of nitrogens with zero attached hydrogens (tertiary/aromatic N) is 3. The van der Waals surface area contributed by atoms with E-state index < -0.39 is 0 Å². The maximum Gasteiger partial charge on any atom is 0.0725 e. The number of hydrogen-bond acceptors (Lipinski definition) is 4. The molecule has 0 aromatic carbocycles. The van der Waals surface area contributed by atoms with Crippen LogP contribution in [0.15, 0.2) is 12.4 Å². The van der Waals surface area contributed by atoms with E-state index in [4.69, 9.17) is 5.73 Å². The first-order valence-electron chi connectivity index (χ1n) is 4.37. The number of aromatic nitrogens is 2. The molecule has 0 saturated heterocycles. The van der Waals surface area contributed by atoms with Crippen LogP contribution in [0.25, 0.3) is 0 Å². The van der Waals surface area contributed by atoms with E-state index in [1.54, 1.807) is 12.4 Å². The molecule has 0 unspecified atom stereocenters. The van der Waals surface area contributed by atoms with Gasteiger partial charge < -0.3 is 10.6 Å². The summed E-state index contributed by atoms with van der Waals surface area (Å²) in [5, 5.41) is 0. The Morgan fingerprint density at radius 1 is 1.31 bits per heavy atom. The monoisotopic (exact) mass is 180 g/mol. The molecule has 4 nitrogen and oxygen atoms in total. The van der Waals surface area contributed by atoms with Crippen molar-refractivity contribution < 1.29 is 0 Å². The Hall–Kier alpha value is -1.00. The Labute approximate surface area is 78.8 Å². The summed E-state index contributed by atoms with van der Waals surface area (Å²) >= 11 is 0. The van der Waals surface area contributed by atoms with Gasteiger partial charge in [-0.25, -0.2) is 0 Å². The van der Waals surface area contributed by atoms with Gasteiger partial charge in [-0.3, -0.25) is 9.97 Å². The van der Waals surface area contributed by atoms with E-state index in [0.717, 1.165) is 24.4 Å². The van der Waals surface area contributed by atoms with Crippen LogP contribution in [0.2, 0.25) is 0 Å². The van der Waals surface area contributed by atoms with Crippen molar-refractivity contribution in [2.75, 3.05) is 20.6 Å². The fraction of sp³-hybridized carbons (Fsp3) is 0.556. The number of likely N-dealkylation sites (N-methyl/N-ethyl adjacent to an activating group) is 1.